The number of aromatic nitrogens is 2. The van der Waals surface area contributed by atoms with Crippen molar-refractivity contribution in [3.63, 3.8) is 0 Å². The Morgan fingerprint density at radius 3 is 2.90 bits per heavy atom. The lowest BCUT2D eigenvalue weighted by molar-refractivity contribution is -0.611. The average molecular weight is 134 g/mol. The van der Waals surface area contributed by atoms with Crippen molar-refractivity contribution in [2.45, 2.75) is 0 Å². The van der Waals surface area contributed by atoms with Crippen LogP contribution in [-0.4, -0.2) is 4.98 Å². The highest BCUT2D eigenvalue weighted by molar-refractivity contribution is 5.70. The zero-order valence-electron chi connectivity index (χ0n) is 5.41. The van der Waals surface area contributed by atoms with Gasteiger partial charge in [-0.3, -0.25) is 5.84 Å². The highest BCUT2D eigenvalue weighted by Crippen LogP contribution is 2.02. The molecular formula is C7H8N3+. The molecule has 1 aromatic heterocycles. The largest absolute Gasteiger partial charge is 0.269 e. The van der Waals surface area contributed by atoms with Gasteiger partial charge >= 0.3 is 0 Å². The molecule has 3 N–H and O–H groups in total. The molecule has 0 aliphatic carbocycles. The summed E-state index contributed by atoms with van der Waals surface area (Å²) in [6.45, 7) is 0. The van der Waals surface area contributed by atoms with Gasteiger partial charge in [0.15, 0.2) is 11.0 Å². The molecule has 0 saturated carbocycles. The van der Waals surface area contributed by atoms with E-state index in [-0.39, 0.29) is 0 Å². The van der Waals surface area contributed by atoms with Gasteiger partial charge in [0.05, 0.1) is 0 Å². The van der Waals surface area contributed by atoms with Crippen molar-refractivity contribution >= 4 is 11.0 Å². The summed E-state index contributed by atoms with van der Waals surface area (Å²) in [5.74, 6) is 5.56. The van der Waals surface area contributed by atoms with Crippen LogP contribution in [0, 0.1) is 0 Å². The van der Waals surface area contributed by atoms with Crippen LogP contribution in [-0.2, 0) is 0 Å². The number of fused-ring (bicyclic) bond motifs is 1. The Bertz CT molecular complexity index is 350. The molecule has 2 rings (SSSR count). The van der Waals surface area contributed by atoms with E-state index in [4.69, 9.17) is 5.84 Å². The van der Waals surface area contributed by atoms with E-state index < -0.39 is 0 Å². The van der Waals surface area contributed by atoms with Crippen LogP contribution >= 0.6 is 0 Å². The molecule has 3 nitrogen and oxygen atoms in total. The van der Waals surface area contributed by atoms with Crippen LogP contribution in [0.2, 0.25) is 0 Å². The van der Waals surface area contributed by atoms with Crippen molar-refractivity contribution in [3.05, 3.63) is 30.6 Å². The molecule has 3 heteroatoms. The van der Waals surface area contributed by atoms with Gasteiger partial charge in [0.1, 0.15) is 0 Å². The van der Waals surface area contributed by atoms with E-state index in [9.17, 15) is 0 Å². The maximum Gasteiger partial charge on any atom is 0.265 e. The molecule has 0 atom stereocenters. The Morgan fingerprint density at radius 2 is 2.10 bits per heavy atom. The van der Waals surface area contributed by atoms with E-state index in [1.165, 1.54) is 0 Å². The molecule has 2 aromatic rings. The van der Waals surface area contributed by atoms with Gasteiger partial charge in [-0.1, -0.05) is 12.1 Å². The van der Waals surface area contributed by atoms with Crippen LogP contribution < -0.4 is 10.5 Å². The Morgan fingerprint density at radius 1 is 1.30 bits per heavy atom. The van der Waals surface area contributed by atoms with Crippen molar-refractivity contribution < 1.29 is 4.68 Å². The Labute approximate surface area is 58.1 Å². The second kappa shape index (κ2) is 1.73. The molecule has 0 saturated heterocycles. The van der Waals surface area contributed by atoms with E-state index >= 15 is 0 Å². The second-order valence-electron chi connectivity index (χ2n) is 2.20. The zero-order chi connectivity index (χ0) is 6.97. The van der Waals surface area contributed by atoms with Gasteiger partial charge in [-0.15, -0.1) is 4.68 Å². The second-order valence-corrected chi connectivity index (χ2v) is 2.20. The summed E-state index contributed by atoms with van der Waals surface area (Å²) in [5, 5.41) is 0. The van der Waals surface area contributed by atoms with Crippen molar-refractivity contribution in [2.75, 3.05) is 5.84 Å². The third-order valence-corrected chi connectivity index (χ3v) is 1.54. The number of nitrogens with one attached hydrogen (secondary N) is 1. The van der Waals surface area contributed by atoms with Gasteiger partial charge < -0.3 is 0 Å². The molecule has 1 heterocycles. The molecule has 0 amide bonds. The molecule has 0 radical (unpaired) electrons. The Kier molecular flexibility index (Phi) is 0.917. The number of para-hydroxylation sites is 2. The highest BCUT2D eigenvalue weighted by Gasteiger charge is 2.02. The molecule has 0 fully saturated rings. The number of aromatic amines is 1. The number of H-pyrrole nitrogens is 1. The highest BCUT2D eigenvalue weighted by atomic mass is 15.3. The molecule has 1 aromatic carbocycles. The number of hydrogen-bond donors (Lipinski definition) is 2. The lowest BCUT2D eigenvalue weighted by Crippen LogP contribution is -2.42. The van der Waals surface area contributed by atoms with Crippen molar-refractivity contribution in [2.24, 2.45) is 0 Å². The fraction of sp³-hybridized carbons (Fsp3) is 0. The number of rotatable bonds is 0. The van der Waals surface area contributed by atoms with Gasteiger partial charge in [0.2, 0.25) is 0 Å². The predicted molar refractivity (Wildman–Crippen MR) is 38.6 cm³/mol. The van der Waals surface area contributed by atoms with Crippen molar-refractivity contribution in [3.8, 4) is 0 Å². The minimum Gasteiger partial charge on any atom is -0.269 e. The average Bonchev–Trinajstić information content (AvgIpc) is 2.34. The lowest BCUT2D eigenvalue weighted by atomic mass is 10.3. The summed E-state index contributed by atoms with van der Waals surface area (Å²) in [7, 11) is 0. The van der Waals surface area contributed by atoms with E-state index in [0.717, 1.165) is 11.0 Å². The minimum absolute atomic E-state index is 1.02. The number of benzene rings is 1. The molecule has 0 aliphatic rings. The normalized spacial score (nSPS) is 10.4. The van der Waals surface area contributed by atoms with E-state index in [1.54, 1.807) is 11.0 Å². The molecule has 0 unspecified atom stereocenters. The number of imidazole rings is 1. The van der Waals surface area contributed by atoms with Crippen molar-refractivity contribution in [1.29, 1.82) is 0 Å². The van der Waals surface area contributed by atoms with Crippen LogP contribution in [0.5, 0.6) is 0 Å². The molecule has 50 valence electrons. The topological polar surface area (TPSA) is 45.7 Å². The maximum absolute atomic E-state index is 5.56. The smallest absolute Gasteiger partial charge is 0.265 e. The Hall–Kier alpha value is -1.51. The van der Waals surface area contributed by atoms with Gasteiger partial charge in [-0.25, -0.2) is 4.98 Å². The van der Waals surface area contributed by atoms with Gasteiger partial charge in [0.25, 0.3) is 6.33 Å². The van der Waals surface area contributed by atoms with Crippen LogP contribution in [0.25, 0.3) is 11.0 Å². The molecule has 0 spiro atoms. The van der Waals surface area contributed by atoms with Gasteiger partial charge in [-0.2, -0.15) is 0 Å². The first kappa shape index (κ1) is 5.29. The molecule has 10 heavy (non-hydrogen) atoms. The number of hydrogen-bond acceptors (Lipinski definition) is 1. The first-order valence-corrected chi connectivity index (χ1v) is 3.11. The predicted octanol–water partition coefficient (Wildman–Crippen LogP) is 0.169. The van der Waals surface area contributed by atoms with E-state index in [2.05, 4.69) is 4.98 Å². The quantitative estimate of drug-likeness (QED) is 0.391. The number of nitrogens with two attached hydrogens (primary N) is 1. The summed E-state index contributed by atoms with van der Waals surface area (Å²) in [6, 6.07) is 7.88. The van der Waals surface area contributed by atoms with Crippen LogP contribution in [0.3, 0.4) is 0 Å². The fourth-order valence-electron chi connectivity index (χ4n) is 1.03. The third kappa shape index (κ3) is 0.572. The van der Waals surface area contributed by atoms with Crippen LogP contribution in [0.4, 0.5) is 0 Å². The lowest BCUT2D eigenvalue weighted by Gasteiger charge is -1.82. The first-order valence-electron chi connectivity index (χ1n) is 3.11. The summed E-state index contributed by atoms with van der Waals surface area (Å²) in [5.41, 5.74) is 2.08. The minimum atomic E-state index is 1.02. The monoisotopic (exact) mass is 134 g/mol. The standard InChI is InChI=1S/C7H7N3/c8-10-5-9-6-3-1-2-4-7(6)10/h1-5H,8H2/p+1. The van der Waals surface area contributed by atoms with E-state index in [0.29, 0.717) is 0 Å². The molecular weight excluding hydrogens is 126 g/mol. The number of nitrogen functional groups attached to an aromatic ring is 1. The first-order chi connectivity index (χ1) is 4.88. The molecule has 0 aliphatic heterocycles. The van der Waals surface area contributed by atoms with E-state index in [1.807, 2.05) is 24.3 Å². The SMILES string of the molecule is N[n+]1c[nH]c2ccccc21. The van der Waals surface area contributed by atoms with Gasteiger partial charge in [-0.05, 0) is 12.1 Å². The summed E-state index contributed by atoms with van der Waals surface area (Å²) >= 11 is 0. The fourth-order valence-corrected chi connectivity index (χ4v) is 1.03. The summed E-state index contributed by atoms with van der Waals surface area (Å²) in [4.78, 5) is 3.03. The third-order valence-electron chi connectivity index (χ3n) is 1.54. The van der Waals surface area contributed by atoms with Crippen molar-refractivity contribution in [1.82, 2.24) is 4.98 Å². The Balaban J connectivity index is 2.93. The summed E-state index contributed by atoms with van der Waals surface area (Å²) in [6.07, 6.45) is 1.73. The maximum atomic E-state index is 5.56. The van der Waals surface area contributed by atoms with Crippen LogP contribution in [0.15, 0.2) is 30.6 Å². The zero-order valence-corrected chi connectivity index (χ0v) is 5.41. The van der Waals surface area contributed by atoms with Gasteiger partial charge in [0, 0.05) is 0 Å². The number of nitrogens with zero attached hydrogens (tertiary/aromatic N) is 1. The molecule has 0 bridgehead atoms. The van der Waals surface area contributed by atoms with Crippen LogP contribution in [0.1, 0.15) is 0 Å². The summed E-state index contributed by atoms with van der Waals surface area (Å²) < 4.78 is 1.56.